The number of halogens is 4. The van der Waals surface area contributed by atoms with Gasteiger partial charge in [-0.15, -0.1) is 0 Å². The number of aromatic nitrogens is 1. The molecule has 0 saturated carbocycles. The lowest BCUT2D eigenvalue weighted by atomic mass is 10.2. The van der Waals surface area contributed by atoms with Gasteiger partial charge in [-0.2, -0.15) is 13.2 Å². The lowest BCUT2D eigenvalue weighted by Gasteiger charge is -2.25. The Balaban J connectivity index is 1.72. The van der Waals surface area contributed by atoms with Crippen LogP contribution in [0, 0.1) is 6.92 Å². The number of sulfonamides is 1. The number of anilines is 2. The summed E-state index contributed by atoms with van der Waals surface area (Å²) in [5.41, 5.74) is 0.138. The van der Waals surface area contributed by atoms with E-state index in [1.165, 1.54) is 24.3 Å². The molecule has 0 bridgehead atoms. The highest BCUT2D eigenvalue weighted by molar-refractivity contribution is 7.92. The van der Waals surface area contributed by atoms with Gasteiger partial charge in [0, 0.05) is 12.2 Å². The summed E-state index contributed by atoms with van der Waals surface area (Å²) in [6.07, 6.45) is -4.85. The molecule has 0 aliphatic heterocycles. The molecule has 0 aliphatic rings. The van der Waals surface area contributed by atoms with Crippen molar-refractivity contribution in [1.82, 2.24) is 4.57 Å². The van der Waals surface area contributed by atoms with Crippen LogP contribution < -0.4 is 14.5 Å². The van der Waals surface area contributed by atoms with Gasteiger partial charge in [0.1, 0.15) is 6.54 Å². The van der Waals surface area contributed by atoms with Crippen LogP contribution in [0.1, 0.15) is 18.1 Å². The molecule has 0 unspecified atom stereocenters. The molecule has 1 aromatic heterocycles. The highest BCUT2D eigenvalue weighted by Gasteiger charge is 2.35. The Bertz CT molecular complexity index is 1680. The molecular weight excluding hydrogens is 563 g/mol. The van der Waals surface area contributed by atoms with Crippen LogP contribution in [0.25, 0.3) is 10.2 Å². The van der Waals surface area contributed by atoms with Crippen molar-refractivity contribution in [3.05, 3.63) is 86.5 Å². The van der Waals surface area contributed by atoms with Gasteiger partial charge < -0.3 is 5.32 Å². The smallest absolute Gasteiger partial charge is 0.324 e. The number of benzene rings is 3. The number of rotatable bonds is 7. The number of amides is 1. The molecule has 0 atom stereocenters. The average molecular weight is 584 g/mol. The maximum absolute atomic E-state index is 13.5. The summed E-state index contributed by atoms with van der Waals surface area (Å²) >= 11 is 6.72. The fraction of sp³-hybridized carbons (Fsp3) is 0.200. The first-order valence-electron chi connectivity index (χ1n) is 11.2. The zero-order chi connectivity index (χ0) is 27.8. The Morgan fingerprint density at radius 2 is 1.76 bits per heavy atom. The number of fused-ring (bicyclic) bond motifs is 1. The summed E-state index contributed by atoms with van der Waals surface area (Å²) in [5.74, 6) is -0.800. The quantitative estimate of drug-likeness (QED) is 0.293. The number of thiazole rings is 1. The molecule has 0 fully saturated rings. The summed E-state index contributed by atoms with van der Waals surface area (Å²) < 4.78 is 70.4. The molecule has 1 heterocycles. The fourth-order valence-corrected chi connectivity index (χ4v) is 6.44. The molecule has 38 heavy (non-hydrogen) atoms. The molecule has 4 rings (SSSR count). The molecule has 0 radical (unpaired) electrons. The van der Waals surface area contributed by atoms with Crippen molar-refractivity contribution in [3.8, 4) is 0 Å². The highest BCUT2D eigenvalue weighted by atomic mass is 35.5. The van der Waals surface area contributed by atoms with E-state index in [1.54, 1.807) is 29.7 Å². The van der Waals surface area contributed by atoms with E-state index < -0.39 is 39.2 Å². The lowest BCUT2D eigenvalue weighted by Crippen LogP contribution is -2.38. The minimum atomic E-state index is -4.85. The number of hydrogen-bond donors (Lipinski definition) is 1. The fourth-order valence-electron chi connectivity index (χ4n) is 3.81. The second-order valence-corrected chi connectivity index (χ2v) is 11.6. The molecule has 3 aromatic carbocycles. The predicted molar refractivity (Wildman–Crippen MR) is 143 cm³/mol. The Morgan fingerprint density at radius 3 is 2.39 bits per heavy atom. The van der Waals surface area contributed by atoms with E-state index in [-0.39, 0.29) is 15.5 Å². The largest absolute Gasteiger partial charge is 0.417 e. The first-order valence-corrected chi connectivity index (χ1v) is 13.8. The maximum Gasteiger partial charge on any atom is 0.417 e. The van der Waals surface area contributed by atoms with Crippen molar-refractivity contribution in [1.29, 1.82) is 0 Å². The number of aryl methyl sites for hydroxylation is 2. The van der Waals surface area contributed by atoms with Gasteiger partial charge in [-0.05, 0) is 62.4 Å². The first-order chi connectivity index (χ1) is 17.8. The van der Waals surface area contributed by atoms with E-state index in [9.17, 15) is 31.2 Å². The van der Waals surface area contributed by atoms with Crippen LogP contribution in [0.3, 0.4) is 0 Å². The van der Waals surface area contributed by atoms with Crippen LogP contribution >= 0.6 is 22.9 Å². The van der Waals surface area contributed by atoms with Gasteiger partial charge in [-0.25, -0.2) is 8.42 Å². The molecule has 1 amide bonds. The minimum Gasteiger partial charge on any atom is -0.324 e. The van der Waals surface area contributed by atoms with E-state index in [0.717, 1.165) is 29.0 Å². The van der Waals surface area contributed by atoms with Gasteiger partial charge in [0.15, 0.2) is 0 Å². The molecule has 0 aliphatic carbocycles. The van der Waals surface area contributed by atoms with E-state index in [0.29, 0.717) is 32.8 Å². The molecule has 1 N–H and O–H groups in total. The van der Waals surface area contributed by atoms with Crippen molar-refractivity contribution in [3.63, 3.8) is 0 Å². The minimum absolute atomic E-state index is 0.162. The van der Waals surface area contributed by atoms with Crippen LogP contribution in [0.15, 0.2) is 70.4 Å². The Labute approximate surface area is 225 Å². The number of hydrogen-bond acceptors (Lipinski definition) is 5. The topological polar surface area (TPSA) is 88.5 Å². The standard InChI is InChI=1S/C25H21ClF3N3O4S2/c1-3-31-21-11-6-16(12-22(21)37-24(31)34)30-23(33)14-32(38(35,36)18-8-4-15(2)5-9-18)17-7-10-20(26)19(13-17)25(27,28)29/h4-13H,3,14H2,1-2H3,(H,30,33). The van der Waals surface area contributed by atoms with Crippen molar-refractivity contribution in [2.24, 2.45) is 0 Å². The number of nitrogens with one attached hydrogen (secondary N) is 1. The summed E-state index contributed by atoms with van der Waals surface area (Å²) in [6.45, 7) is 3.22. The van der Waals surface area contributed by atoms with Crippen LogP contribution in [0.2, 0.25) is 5.02 Å². The Kier molecular flexibility index (Phi) is 7.60. The van der Waals surface area contributed by atoms with Crippen LogP contribution in [-0.4, -0.2) is 25.4 Å². The third-order valence-electron chi connectivity index (χ3n) is 5.71. The van der Waals surface area contributed by atoms with Gasteiger partial charge >= 0.3 is 11.0 Å². The lowest BCUT2D eigenvalue weighted by molar-refractivity contribution is -0.137. The van der Waals surface area contributed by atoms with Crippen molar-refractivity contribution >= 4 is 60.5 Å². The van der Waals surface area contributed by atoms with Crippen LogP contribution in [0.4, 0.5) is 24.5 Å². The van der Waals surface area contributed by atoms with Gasteiger partial charge in [0.05, 0.1) is 31.4 Å². The Hall–Kier alpha value is -3.35. The van der Waals surface area contributed by atoms with Gasteiger partial charge in [-0.1, -0.05) is 40.6 Å². The van der Waals surface area contributed by atoms with Crippen molar-refractivity contribution in [2.45, 2.75) is 31.5 Å². The summed E-state index contributed by atoms with van der Waals surface area (Å²) in [5, 5.41) is 1.97. The summed E-state index contributed by atoms with van der Waals surface area (Å²) in [4.78, 5) is 24.8. The number of nitrogens with zero attached hydrogens (tertiary/aromatic N) is 2. The average Bonchev–Trinajstić information content (AvgIpc) is 3.16. The van der Waals surface area contributed by atoms with E-state index >= 15 is 0 Å². The summed E-state index contributed by atoms with van der Waals surface area (Å²) in [7, 11) is -4.45. The second kappa shape index (κ2) is 10.4. The Morgan fingerprint density at radius 1 is 1.08 bits per heavy atom. The first kappa shape index (κ1) is 27.7. The number of carbonyl (C=O) groups excluding carboxylic acids is 1. The predicted octanol–water partition coefficient (Wildman–Crippen LogP) is 5.90. The maximum atomic E-state index is 13.5. The molecule has 7 nitrogen and oxygen atoms in total. The van der Waals surface area contributed by atoms with Gasteiger partial charge in [0.25, 0.3) is 10.0 Å². The zero-order valence-corrected chi connectivity index (χ0v) is 22.4. The summed E-state index contributed by atoms with van der Waals surface area (Å²) in [6, 6.07) is 13.1. The zero-order valence-electron chi connectivity index (χ0n) is 20.0. The number of carbonyl (C=O) groups is 1. The van der Waals surface area contributed by atoms with Crippen molar-refractivity contribution in [2.75, 3.05) is 16.2 Å². The monoisotopic (exact) mass is 583 g/mol. The molecule has 0 spiro atoms. The SMILES string of the molecule is CCn1c(=O)sc2cc(NC(=O)CN(c3ccc(Cl)c(C(F)(F)F)c3)S(=O)(=O)c3ccc(C)cc3)ccc21. The van der Waals surface area contributed by atoms with Gasteiger partial charge in [-0.3, -0.25) is 18.5 Å². The second-order valence-electron chi connectivity index (χ2n) is 8.33. The third-order valence-corrected chi connectivity index (χ3v) is 8.77. The van der Waals surface area contributed by atoms with E-state index in [4.69, 9.17) is 11.6 Å². The highest BCUT2D eigenvalue weighted by Crippen LogP contribution is 2.38. The van der Waals surface area contributed by atoms with E-state index in [2.05, 4.69) is 5.32 Å². The van der Waals surface area contributed by atoms with E-state index in [1.807, 2.05) is 6.92 Å². The van der Waals surface area contributed by atoms with Crippen LogP contribution in [-0.2, 0) is 27.5 Å². The third kappa shape index (κ3) is 5.57. The normalized spacial score (nSPS) is 12.1. The van der Waals surface area contributed by atoms with Crippen LogP contribution in [0.5, 0.6) is 0 Å². The molecular formula is C25H21ClF3N3O4S2. The van der Waals surface area contributed by atoms with Gasteiger partial charge in [0.2, 0.25) is 5.91 Å². The molecule has 0 saturated heterocycles. The number of alkyl halides is 3. The van der Waals surface area contributed by atoms with Crippen molar-refractivity contribution < 1.29 is 26.4 Å². The molecule has 4 aromatic rings. The molecule has 200 valence electrons. The molecule has 13 heteroatoms.